The van der Waals surface area contributed by atoms with Crippen LogP contribution in [0.5, 0.6) is 0 Å². The normalized spacial score (nSPS) is 10.8. The van der Waals surface area contributed by atoms with Gasteiger partial charge in [0.1, 0.15) is 0 Å². The fourth-order valence-electron chi connectivity index (χ4n) is 0.613. The molecule has 65 valence electrons. The lowest BCUT2D eigenvalue weighted by molar-refractivity contribution is 0.221. The monoisotopic (exact) mass is 193 g/mol. The zero-order valence-electron chi connectivity index (χ0n) is 7.37. The lowest BCUT2D eigenvalue weighted by atomic mass is 10.9. The highest BCUT2D eigenvalue weighted by Crippen LogP contribution is 2.47. The molecular formula is C6H15AlO3P. The van der Waals surface area contributed by atoms with Crippen molar-refractivity contribution in [1.82, 2.24) is 0 Å². The SMILES string of the molecule is CCOP(=O)(CC)OCC.[Al]. The van der Waals surface area contributed by atoms with E-state index in [1.807, 2.05) is 0 Å². The zero-order chi connectivity index (χ0) is 8.04. The van der Waals surface area contributed by atoms with Gasteiger partial charge in [0.15, 0.2) is 0 Å². The minimum atomic E-state index is -2.70. The van der Waals surface area contributed by atoms with Crippen molar-refractivity contribution in [2.45, 2.75) is 20.8 Å². The van der Waals surface area contributed by atoms with Crippen LogP contribution in [0.3, 0.4) is 0 Å². The van der Waals surface area contributed by atoms with Gasteiger partial charge in [-0.25, -0.2) is 0 Å². The van der Waals surface area contributed by atoms with E-state index < -0.39 is 7.60 Å². The molecule has 0 aliphatic rings. The molecule has 0 rings (SSSR count). The van der Waals surface area contributed by atoms with Gasteiger partial charge in [0.05, 0.1) is 13.2 Å². The first-order valence-corrected chi connectivity index (χ1v) is 5.29. The first-order chi connectivity index (χ1) is 4.68. The molecule has 0 N–H and O–H groups in total. The molecule has 0 aromatic carbocycles. The van der Waals surface area contributed by atoms with Crippen LogP contribution < -0.4 is 0 Å². The highest BCUT2D eigenvalue weighted by Gasteiger charge is 2.19. The molecule has 0 saturated carbocycles. The smallest absolute Gasteiger partial charge is 0.309 e. The number of hydrogen-bond donors (Lipinski definition) is 0. The molecule has 0 bridgehead atoms. The predicted octanol–water partition coefficient (Wildman–Crippen LogP) is 1.89. The summed E-state index contributed by atoms with van der Waals surface area (Å²) < 4.78 is 21.2. The van der Waals surface area contributed by atoms with E-state index in [1.165, 1.54) is 0 Å². The number of hydrogen-bond acceptors (Lipinski definition) is 3. The molecule has 3 nitrogen and oxygen atoms in total. The third kappa shape index (κ3) is 5.90. The second-order valence-corrected chi connectivity index (χ2v) is 4.13. The van der Waals surface area contributed by atoms with Crippen molar-refractivity contribution in [2.75, 3.05) is 19.4 Å². The van der Waals surface area contributed by atoms with Crippen molar-refractivity contribution in [3.05, 3.63) is 0 Å². The fraction of sp³-hybridized carbons (Fsp3) is 1.00. The molecule has 0 aliphatic carbocycles. The van der Waals surface area contributed by atoms with Crippen LogP contribution in [-0.2, 0) is 13.6 Å². The van der Waals surface area contributed by atoms with Crippen LogP contribution in [0.25, 0.3) is 0 Å². The van der Waals surface area contributed by atoms with Crippen molar-refractivity contribution >= 4 is 25.0 Å². The van der Waals surface area contributed by atoms with Gasteiger partial charge in [-0.3, -0.25) is 4.57 Å². The molecule has 0 aliphatic heterocycles. The third-order valence-electron chi connectivity index (χ3n) is 1.04. The van der Waals surface area contributed by atoms with Crippen LogP contribution in [0, 0.1) is 0 Å². The predicted molar refractivity (Wildman–Crippen MR) is 47.2 cm³/mol. The van der Waals surface area contributed by atoms with Crippen molar-refractivity contribution < 1.29 is 13.6 Å². The van der Waals surface area contributed by atoms with Crippen molar-refractivity contribution in [3.8, 4) is 0 Å². The summed E-state index contributed by atoms with van der Waals surface area (Å²) in [6, 6.07) is 0. The minimum Gasteiger partial charge on any atom is -0.309 e. The second kappa shape index (κ2) is 7.34. The molecule has 0 amide bonds. The molecule has 0 unspecified atom stereocenters. The number of rotatable bonds is 5. The first kappa shape index (κ1) is 14.2. The van der Waals surface area contributed by atoms with Gasteiger partial charge >= 0.3 is 7.60 Å². The molecule has 0 fully saturated rings. The van der Waals surface area contributed by atoms with Crippen LogP contribution in [-0.4, -0.2) is 36.7 Å². The molecule has 0 aromatic rings. The fourth-order valence-corrected chi connectivity index (χ4v) is 1.84. The maximum Gasteiger partial charge on any atom is 0.330 e. The Kier molecular flexibility index (Phi) is 9.49. The lowest BCUT2D eigenvalue weighted by Crippen LogP contribution is -1.97. The molecule has 5 heteroatoms. The van der Waals surface area contributed by atoms with E-state index in [9.17, 15) is 4.57 Å². The summed E-state index contributed by atoms with van der Waals surface area (Å²) in [5, 5.41) is 0. The van der Waals surface area contributed by atoms with Crippen LogP contribution in [0.2, 0.25) is 0 Å². The summed E-state index contributed by atoms with van der Waals surface area (Å²) in [6.45, 7) is 6.31. The Morgan fingerprint density at radius 2 is 1.45 bits per heavy atom. The largest absolute Gasteiger partial charge is 0.330 e. The summed E-state index contributed by atoms with van der Waals surface area (Å²) in [5.41, 5.74) is 0. The minimum absolute atomic E-state index is 0. The average molecular weight is 193 g/mol. The summed E-state index contributed by atoms with van der Waals surface area (Å²) in [4.78, 5) is 0. The maximum atomic E-state index is 11.3. The molecule has 11 heavy (non-hydrogen) atoms. The topological polar surface area (TPSA) is 35.5 Å². The Labute approximate surface area is 79.1 Å². The van der Waals surface area contributed by atoms with Crippen LogP contribution in [0.4, 0.5) is 0 Å². The second-order valence-electron chi connectivity index (χ2n) is 1.76. The van der Waals surface area contributed by atoms with E-state index in [2.05, 4.69) is 0 Å². The third-order valence-corrected chi connectivity index (χ3v) is 3.12. The maximum absolute atomic E-state index is 11.3. The van der Waals surface area contributed by atoms with Gasteiger partial charge < -0.3 is 9.05 Å². The van der Waals surface area contributed by atoms with Gasteiger partial charge in [0.2, 0.25) is 0 Å². The standard InChI is InChI=1S/C6H15O3P.Al/c1-4-8-10(7,6-3)9-5-2;/h4-6H2,1-3H3;. The Hall–Kier alpha value is 0.682. The highest BCUT2D eigenvalue weighted by molar-refractivity contribution is 7.53. The van der Waals surface area contributed by atoms with E-state index in [-0.39, 0.29) is 17.4 Å². The Morgan fingerprint density at radius 3 is 1.64 bits per heavy atom. The van der Waals surface area contributed by atoms with Gasteiger partial charge in [-0.15, -0.1) is 0 Å². The molecule has 0 aromatic heterocycles. The zero-order valence-corrected chi connectivity index (χ0v) is 9.42. The highest BCUT2D eigenvalue weighted by atomic mass is 31.2. The molecular weight excluding hydrogens is 178 g/mol. The van der Waals surface area contributed by atoms with Crippen LogP contribution in [0.15, 0.2) is 0 Å². The molecule has 3 radical (unpaired) electrons. The quantitative estimate of drug-likeness (QED) is 0.494. The van der Waals surface area contributed by atoms with Gasteiger partial charge in [-0.05, 0) is 13.8 Å². The lowest BCUT2D eigenvalue weighted by Gasteiger charge is -2.13. The van der Waals surface area contributed by atoms with Crippen molar-refractivity contribution in [3.63, 3.8) is 0 Å². The molecule has 0 spiro atoms. The van der Waals surface area contributed by atoms with Crippen LogP contribution >= 0.6 is 7.60 Å². The summed E-state index contributed by atoms with van der Waals surface area (Å²) in [6.07, 6.45) is 0.453. The van der Waals surface area contributed by atoms with Gasteiger partial charge in [0, 0.05) is 23.5 Å². The summed E-state index contributed by atoms with van der Waals surface area (Å²) >= 11 is 0. The summed E-state index contributed by atoms with van der Waals surface area (Å²) in [7, 11) is -2.70. The van der Waals surface area contributed by atoms with Crippen molar-refractivity contribution in [2.24, 2.45) is 0 Å². The molecule has 0 heterocycles. The van der Waals surface area contributed by atoms with Gasteiger partial charge in [-0.1, -0.05) is 6.92 Å². The molecule has 0 atom stereocenters. The van der Waals surface area contributed by atoms with Crippen molar-refractivity contribution in [1.29, 1.82) is 0 Å². The van der Waals surface area contributed by atoms with E-state index in [4.69, 9.17) is 9.05 Å². The summed E-state index contributed by atoms with van der Waals surface area (Å²) in [5.74, 6) is 0. The van der Waals surface area contributed by atoms with Gasteiger partial charge in [-0.2, -0.15) is 0 Å². The Balaban J connectivity index is 0. The first-order valence-electron chi connectivity index (χ1n) is 3.56. The average Bonchev–Trinajstić information content (AvgIpc) is 1.89. The van der Waals surface area contributed by atoms with E-state index in [0.717, 1.165) is 0 Å². The Morgan fingerprint density at radius 1 is 1.09 bits per heavy atom. The molecule has 0 saturated heterocycles. The van der Waals surface area contributed by atoms with Gasteiger partial charge in [0.25, 0.3) is 0 Å². The van der Waals surface area contributed by atoms with E-state index in [0.29, 0.717) is 19.4 Å². The van der Waals surface area contributed by atoms with E-state index in [1.54, 1.807) is 20.8 Å². The van der Waals surface area contributed by atoms with E-state index >= 15 is 0 Å². The van der Waals surface area contributed by atoms with Crippen LogP contribution in [0.1, 0.15) is 20.8 Å². The Bertz CT molecular complexity index is 119.